The van der Waals surface area contributed by atoms with Gasteiger partial charge in [0.25, 0.3) is 5.91 Å². The molecule has 1 amide bonds. The summed E-state index contributed by atoms with van der Waals surface area (Å²) in [4.78, 5) is 20.8. The summed E-state index contributed by atoms with van der Waals surface area (Å²) in [6.45, 7) is 1.88. The van der Waals surface area contributed by atoms with Crippen LogP contribution >= 0.6 is 11.3 Å². The van der Waals surface area contributed by atoms with Crippen molar-refractivity contribution in [1.29, 1.82) is 0 Å². The molecule has 2 aromatic heterocycles. The van der Waals surface area contributed by atoms with E-state index in [4.69, 9.17) is 5.73 Å². The van der Waals surface area contributed by atoms with Crippen LogP contribution in [0.15, 0.2) is 35.7 Å². The van der Waals surface area contributed by atoms with E-state index in [1.165, 1.54) is 11.3 Å². The summed E-state index contributed by atoms with van der Waals surface area (Å²) in [5.74, 6) is 0.0915. The number of fused-ring (bicyclic) bond motifs is 1. The molecule has 0 aliphatic heterocycles. The number of amides is 1. The second-order valence-corrected chi connectivity index (χ2v) is 5.22. The molecule has 0 fully saturated rings. The van der Waals surface area contributed by atoms with Crippen LogP contribution in [0.4, 0.5) is 10.9 Å². The monoisotopic (exact) mass is 284 g/mol. The summed E-state index contributed by atoms with van der Waals surface area (Å²) >= 11 is 1.39. The zero-order valence-electron chi connectivity index (χ0n) is 10.8. The molecule has 2 heterocycles. The number of nitrogen functional groups attached to an aromatic ring is 1. The summed E-state index contributed by atoms with van der Waals surface area (Å²) in [5.41, 5.74) is 7.84. The van der Waals surface area contributed by atoms with Crippen LogP contribution in [0.2, 0.25) is 0 Å². The van der Waals surface area contributed by atoms with E-state index in [0.717, 1.165) is 11.1 Å². The Balaban J connectivity index is 2.02. The fraction of sp³-hybridized carbons (Fsp3) is 0.0714. The molecule has 5 nitrogen and oxygen atoms in total. The molecule has 0 unspecified atom stereocenters. The van der Waals surface area contributed by atoms with Gasteiger partial charge in [-0.3, -0.25) is 10.1 Å². The van der Waals surface area contributed by atoms with Gasteiger partial charge >= 0.3 is 0 Å². The van der Waals surface area contributed by atoms with Crippen molar-refractivity contribution in [3.63, 3.8) is 0 Å². The number of nitrogens with two attached hydrogens (primary N) is 1. The first-order valence-electron chi connectivity index (χ1n) is 6.02. The average molecular weight is 284 g/mol. The van der Waals surface area contributed by atoms with Crippen molar-refractivity contribution >= 4 is 39.1 Å². The second-order valence-electron chi connectivity index (χ2n) is 4.36. The summed E-state index contributed by atoms with van der Waals surface area (Å²) < 4.78 is 0. The third-order valence-electron chi connectivity index (χ3n) is 2.82. The Morgan fingerprint density at radius 1 is 1.30 bits per heavy atom. The number of benzene rings is 1. The molecule has 3 N–H and O–H groups in total. The SMILES string of the molecule is Cc1csc(NC(=O)c2cc(N)nc3ccccc23)n1. The van der Waals surface area contributed by atoms with Crippen LogP contribution in [-0.4, -0.2) is 15.9 Å². The van der Waals surface area contributed by atoms with Crippen LogP contribution in [-0.2, 0) is 0 Å². The maximum Gasteiger partial charge on any atom is 0.258 e. The number of nitrogens with one attached hydrogen (secondary N) is 1. The molecule has 0 aliphatic rings. The lowest BCUT2D eigenvalue weighted by Gasteiger charge is -2.07. The number of carbonyl (C=O) groups excluding carboxylic acids is 1. The third-order valence-corrected chi connectivity index (χ3v) is 3.70. The fourth-order valence-electron chi connectivity index (χ4n) is 1.96. The first-order valence-corrected chi connectivity index (χ1v) is 6.90. The Kier molecular flexibility index (Phi) is 3.08. The lowest BCUT2D eigenvalue weighted by atomic mass is 10.1. The number of hydrogen-bond donors (Lipinski definition) is 2. The molecule has 100 valence electrons. The van der Waals surface area contributed by atoms with Crippen molar-refractivity contribution < 1.29 is 4.79 Å². The smallest absolute Gasteiger partial charge is 0.258 e. The van der Waals surface area contributed by atoms with E-state index in [1.54, 1.807) is 6.07 Å². The Morgan fingerprint density at radius 3 is 2.85 bits per heavy atom. The highest BCUT2D eigenvalue weighted by molar-refractivity contribution is 7.13. The Bertz CT molecular complexity index is 797. The number of rotatable bonds is 2. The largest absolute Gasteiger partial charge is 0.384 e. The standard InChI is InChI=1S/C14H12N4OS/c1-8-7-20-14(16-8)18-13(19)10-6-12(15)17-11-5-3-2-4-9(10)11/h2-7H,1H3,(H2,15,17)(H,16,18,19). The molecule has 3 aromatic rings. The van der Waals surface area contributed by atoms with E-state index < -0.39 is 0 Å². The minimum absolute atomic E-state index is 0.232. The van der Waals surface area contributed by atoms with Crippen molar-refractivity contribution in [2.75, 3.05) is 11.1 Å². The predicted octanol–water partition coefficient (Wildman–Crippen LogP) is 2.83. The molecule has 6 heteroatoms. The average Bonchev–Trinajstić information content (AvgIpc) is 2.83. The summed E-state index contributed by atoms with van der Waals surface area (Å²) in [6, 6.07) is 8.99. The molecule has 3 rings (SSSR count). The number of aromatic nitrogens is 2. The maximum absolute atomic E-state index is 12.4. The summed E-state index contributed by atoms with van der Waals surface area (Å²) in [6.07, 6.45) is 0. The van der Waals surface area contributed by atoms with Gasteiger partial charge in [-0.1, -0.05) is 18.2 Å². The van der Waals surface area contributed by atoms with Gasteiger partial charge in [0, 0.05) is 10.8 Å². The number of nitrogens with zero attached hydrogens (tertiary/aromatic N) is 2. The van der Waals surface area contributed by atoms with Crippen molar-refractivity contribution in [2.24, 2.45) is 0 Å². The van der Waals surface area contributed by atoms with E-state index in [-0.39, 0.29) is 5.91 Å². The molecule has 0 saturated carbocycles. The Morgan fingerprint density at radius 2 is 2.10 bits per heavy atom. The van der Waals surface area contributed by atoms with Crippen molar-refractivity contribution in [2.45, 2.75) is 6.92 Å². The van der Waals surface area contributed by atoms with Gasteiger partial charge in [0.2, 0.25) is 0 Å². The quantitative estimate of drug-likeness (QED) is 0.758. The van der Waals surface area contributed by atoms with E-state index >= 15 is 0 Å². The van der Waals surface area contributed by atoms with Crippen LogP contribution in [0.25, 0.3) is 10.9 Å². The van der Waals surface area contributed by atoms with Gasteiger partial charge in [-0.05, 0) is 19.1 Å². The zero-order chi connectivity index (χ0) is 14.1. The van der Waals surface area contributed by atoms with Crippen molar-refractivity contribution in [3.05, 3.63) is 47.0 Å². The van der Waals surface area contributed by atoms with Gasteiger partial charge in [0.05, 0.1) is 16.8 Å². The number of thiazole rings is 1. The molecule has 0 bridgehead atoms. The molecule has 0 saturated heterocycles. The maximum atomic E-state index is 12.4. The number of carbonyl (C=O) groups is 1. The van der Waals surface area contributed by atoms with Crippen LogP contribution in [0.1, 0.15) is 16.1 Å². The molecule has 20 heavy (non-hydrogen) atoms. The van der Waals surface area contributed by atoms with Crippen molar-refractivity contribution in [1.82, 2.24) is 9.97 Å². The molecular formula is C14H12N4OS. The summed E-state index contributed by atoms with van der Waals surface area (Å²) in [5, 5.41) is 6.01. The van der Waals surface area contributed by atoms with E-state index in [2.05, 4.69) is 15.3 Å². The zero-order valence-corrected chi connectivity index (χ0v) is 11.6. The number of para-hydroxylation sites is 1. The van der Waals surface area contributed by atoms with E-state index in [0.29, 0.717) is 22.0 Å². The second kappa shape index (κ2) is 4.90. The molecular weight excluding hydrogens is 272 g/mol. The minimum atomic E-state index is -0.232. The third kappa shape index (κ3) is 2.33. The number of hydrogen-bond acceptors (Lipinski definition) is 5. The molecule has 0 aliphatic carbocycles. The molecule has 0 spiro atoms. The van der Waals surface area contributed by atoms with Crippen LogP contribution in [0, 0.1) is 6.92 Å². The Labute approximate surface area is 119 Å². The van der Waals surface area contributed by atoms with Crippen LogP contribution < -0.4 is 11.1 Å². The first kappa shape index (κ1) is 12.6. The van der Waals surface area contributed by atoms with Gasteiger partial charge in [-0.25, -0.2) is 9.97 Å². The number of pyridine rings is 1. The van der Waals surface area contributed by atoms with Gasteiger partial charge in [0.15, 0.2) is 5.13 Å². The van der Waals surface area contributed by atoms with Gasteiger partial charge in [0.1, 0.15) is 5.82 Å². The fourth-order valence-corrected chi connectivity index (χ4v) is 2.64. The van der Waals surface area contributed by atoms with Gasteiger partial charge in [-0.15, -0.1) is 11.3 Å². The number of anilines is 2. The highest BCUT2D eigenvalue weighted by atomic mass is 32.1. The molecule has 0 radical (unpaired) electrons. The lowest BCUT2D eigenvalue weighted by Crippen LogP contribution is -2.13. The molecule has 0 atom stereocenters. The van der Waals surface area contributed by atoms with Crippen LogP contribution in [0.5, 0.6) is 0 Å². The number of aryl methyl sites for hydroxylation is 1. The van der Waals surface area contributed by atoms with Gasteiger partial charge in [-0.2, -0.15) is 0 Å². The minimum Gasteiger partial charge on any atom is -0.384 e. The van der Waals surface area contributed by atoms with Crippen LogP contribution in [0.3, 0.4) is 0 Å². The highest BCUT2D eigenvalue weighted by Crippen LogP contribution is 2.22. The highest BCUT2D eigenvalue weighted by Gasteiger charge is 2.13. The van der Waals surface area contributed by atoms with E-state index in [9.17, 15) is 4.79 Å². The van der Waals surface area contributed by atoms with E-state index in [1.807, 2.05) is 36.6 Å². The normalized spacial score (nSPS) is 10.7. The first-order chi connectivity index (χ1) is 9.63. The summed E-state index contributed by atoms with van der Waals surface area (Å²) in [7, 11) is 0. The van der Waals surface area contributed by atoms with Gasteiger partial charge < -0.3 is 5.73 Å². The topological polar surface area (TPSA) is 80.9 Å². The van der Waals surface area contributed by atoms with Crippen molar-refractivity contribution in [3.8, 4) is 0 Å². The Hall–Kier alpha value is -2.47. The molecule has 1 aromatic carbocycles. The predicted molar refractivity (Wildman–Crippen MR) is 81.0 cm³/mol. The lowest BCUT2D eigenvalue weighted by molar-refractivity contribution is 0.102.